The van der Waals surface area contributed by atoms with Gasteiger partial charge in [0.15, 0.2) is 0 Å². The lowest BCUT2D eigenvalue weighted by Crippen LogP contribution is -2.35. The number of ether oxygens (including phenoxy) is 2. The number of methoxy groups -OCH3 is 1. The lowest BCUT2D eigenvalue weighted by molar-refractivity contribution is 0.115. The number of hydrogen-bond acceptors (Lipinski definition) is 4. The largest absolute Gasteiger partial charge is 0.507 e. The van der Waals surface area contributed by atoms with Crippen molar-refractivity contribution < 1.29 is 19.4 Å². The molecule has 0 radical (unpaired) electrons. The van der Waals surface area contributed by atoms with Gasteiger partial charge in [-0.05, 0) is 12.1 Å². The number of alkyl carbamates (subject to hydrolysis) is 1. The Balaban J connectivity index is 2.22. The molecule has 1 atom stereocenters. The monoisotopic (exact) mass is 223 g/mol. The van der Waals surface area contributed by atoms with Gasteiger partial charge >= 0.3 is 6.09 Å². The van der Waals surface area contributed by atoms with Gasteiger partial charge in [0.1, 0.15) is 11.5 Å². The second-order valence-corrected chi connectivity index (χ2v) is 3.55. The molecule has 86 valence electrons. The van der Waals surface area contributed by atoms with Gasteiger partial charge in [0, 0.05) is 18.1 Å². The molecule has 16 heavy (non-hydrogen) atoms. The lowest BCUT2D eigenvalue weighted by atomic mass is 10.0. The Hall–Kier alpha value is -1.91. The second kappa shape index (κ2) is 4.30. The average molecular weight is 223 g/mol. The highest BCUT2D eigenvalue weighted by molar-refractivity contribution is 5.69. The number of phenolic OH excluding ortho intramolecular Hbond substituents is 1. The maximum Gasteiger partial charge on any atom is 0.407 e. The highest BCUT2D eigenvalue weighted by Gasteiger charge is 2.23. The number of hydrogen-bond donors (Lipinski definition) is 2. The van der Waals surface area contributed by atoms with E-state index in [0.29, 0.717) is 24.3 Å². The van der Waals surface area contributed by atoms with Crippen LogP contribution in [-0.4, -0.2) is 24.9 Å². The van der Waals surface area contributed by atoms with Crippen molar-refractivity contribution in [2.75, 3.05) is 13.7 Å². The number of benzene rings is 1. The Kier molecular flexibility index (Phi) is 2.85. The van der Waals surface area contributed by atoms with E-state index in [0.717, 1.165) is 0 Å². The molecule has 1 amide bonds. The van der Waals surface area contributed by atoms with Gasteiger partial charge in [-0.25, -0.2) is 4.79 Å². The summed E-state index contributed by atoms with van der Waals surface area (Å²) >= 11 is 0. The number of rotatable bonds is 2. The van der Waals surface area contributed by atoms with Gasteiger partial charge in [-0.1, -0.05) is 0 Å². The van der Waals surface area contributed by atoms with Gasteiger partial charge in [-0.3, -0.25) is 0 Å². The third kappa shape index (κ3) is 2.03. The highest BCUT2D eigenvalue weighted by atomic mass is 16.5. The van der Waals surface area contributed by atoms with Crippen LogP contribution in [0.25, 0.3) is 0 Å². The molecule has 0 spiro atoms. The quantitative estimate of drug-likeness (QED) is 0.798. The van der Waals surface area contributed by atoms with Crippen LogP contribution in [0.3, 0.4) is 0 Å². The molecule has 2 rings (SSSR count). The number of nitrogens with one attached hydrogen (secondary N) is 1. The summed E-state index contributed by atoms with van der Waals surface area (Å²) in [6.45, 7) is 0.363. The normalized spacial score (nSPS) is 19.8. The fourth-order valence-electron chi connectivity index (χ4n) is 1.70. The first-order valence-electron chi connectivity index (χ1n) is 5.01. The summed E-state index contributed by atoms with van der Waals surface area (Å²) < 4.78 is 9.74. The van der Waals surface area contributed by atoms with E-state index in [1.807, 2.05) is 0 Å². The predicted octanol–water partition coefficient (Wildman–Crippen LogP) is 1.57. The zero-order chi connectivity index (χ0) is 11.5. The molecule has 1 aromatic rings. The molecule has 5 heteroatoms. The summed E-state index contributed by atoms with van der Waals surface area (Å²) in [5, 5.41) is 12.4. The molecule has 1 aliphatic rings. The molecule has 1 fully saturated rings. The van der Waals surface area contributed by atoms with Crippen molar-refractivity contribution in [3.63, 3.8) is 0 Å². The van der Waals surface area contributed by atoms with Crippen LogP contribution >= 0.6 is 0 Å². The minimum absolute atomic E-state index is 0.117. The smallest absolute Gasteiger partial charge is 0.407 e. The van der Waals surface area contributed by atoms with Crippen LogP contribution in [0.5, 0.6) is 11.5 Å². The van der Waals surface area contributed by atoms with E-state index in [1.54, 1.807) is 12.1 Å². The minimum atomic E-state index is -0.452. The van der Waals surface area contributed by atoms with Crippen molar-refractivity contribution in [1.82, 2.24) is 5.32 Å². The van der Waals surface area contributed by atoms with E-state index in [9.17, 15) is 9.90 Å². The van der Waals surface area contributed by atoms with Gasteiger partial charge in [-0.2, -0.15) is 0 Å². The Labute approximate surface area is 93.0 Å². The number of cyclic esters (lactones) is 1. The van der Waals surface area contributed by atoms with Crippen molar-refractivity contribution in [3.8, 4) is 11.5 Å². The van der Waals surface area contributed by atoms with E-state index in [4.69, 9.17) is 9.47 Å². The van der Waals surface area contributed by atoms with Crippen LogP contribution in [-0.2, 0) is 4.74 Å². The van der Waals surface area contributed by atoms with Gasteiger partial charge in [0.25, 0.3) is 0 Å². The maximum atomic E-state index is 11.0. The number of phenols is 1. The van der Waals surface area contributed by atoms with Crippen LogP contribution in [0.1, 0.15) is 18.0 Å². The van der Waals surface area contributed by atoms with Crippen LogP contribution < -0.4 is 10.1 Å². The molecule has 1 aromatic carbocycles. The first-order valence-corrected chi connectivity index (χ1v) is 5.01. The molecule has 0 unspecified atom stereocenters. The van der Waals surface area contributed by atoms with E-state index >= 15 is 0 Å². The fraction of sp³-hybridized carbons (Fsp3) is 0.364. The summed E-state index contributed by atoms with van der Waals surface area (Å²) in [4.78, 5) is 11.0. The molecule has 5 nitrogen and oxygen atoms in total. The fourth-order valence-corrected chi connectivity index (χ4v) is 1.70. The summed E-state index contributed by atoms with van der Waals surface area (Å²) in [7, 11) is 1.53. The molecular formula is C11H13NO4. The van der Waals surface area contributed by atoms with E-state index in [1.165, 1.54) is 13.2 Å². The molecule has 2 N–H and O–H groups in total. The maximum absolute atomic E-state index is 11.0. The molecule has 0 saturated carbocycles. The van der Waals surface area contributed by atoms with Crippen molar-refractivity contribution in [1.29, 1.82) is 0 Å². The highest BCUT2D eigenvalue weighted by Crippen LogP contribution is 2.31. The van der Waals surface area contributed by atoms with Gasteiger partial charge in [0.05, 0.1) is 19.8 Å². The average Bonchev–Trinajstić information content (AvgIpc) is 2.28. The summed E-state index contributed by atoms with van der Waals surface area (Å²) in [5.74, 6) is 0.700. The third-order valence-electron chi connectivity index (χ3n) is 2.54. The number of carbonyl (C=O) groups excluding carboxylic acids is 1. The van der Waals surface area contributed by atoms with Gasteiger partial charge in [-0.15, -0.1) is 0 Å². The van der Waals surface area contributed by atoms with Crippen LogP contribution in [0.2, 0.25) is 0 Å². The number of amides is 1. The Morgan fingerprint density at radius 2 is 2.38 bits per heavy atom. The van der Waals surface area contributed by atoms with Crippen LogP contribution in [0, 0.1) is 0 Å². The van der Waals surface area contributed by atoms with E-state index in [-0.39, 0.29) is 11.8 Å². The zero-order valence-electron chi connectivity index (χ0n) is 8.90. The molecule has 1 aliphatic heterocycles. The molecular weight excluding hydrogens is 210 g/mol. The van der Waals surface area contributed by atoms with Crippen molar-refractivity contribution in [2.45, 2.75) is 12.5 Å². The van der Waals surface area contributed by atoms with E-state index in [2.05, 4.69) is 5.32 Å². The van der Waals surface area contributed by atoms with E-state index < -0.39 is 6.09 Å². The lowest BCUT2D eigenvalue weighted by Gasteiger charge is -2.24. The first-order chi connectivity index (χ1) is 7.70. The van der Waals surface area contributed by atoms with Crippen LogP contribution in [0.4, 0.5) is 4.79 Å². The topological polar surface area (TPSA) is 67.8 Å². The second-order valence-electron chi connectivity index (χ2n) is 3.55. The zero-order valence-corrected chi connectivity index (χ0v) is 8.90. The minimum Gasteiger partial charge on any atom is -0.507 e. The van der Waals surface area contributed by atoms with Crippen molar-refractivity contribution >= 4 is 6.09 Å². The predicted molar refractivity (Wildman–Crippen MR) is 56.5 cm³/mol. The van der Waals surface area contributed by atoms with Gasteiger partial charge in [0.2, 0.25) is 0 Å². The molecule has 0 aliphatic carbocycles. The molecule has 0 aromatic heterocycles. The standard InChI is InChI=1S/C11H13NO4/c1-15-7-2-3-8(10(13)6-7)9-4-5-16-11(14)12-9/h2-3,6,9,13H,4-5H2,1H3,(H,12,14)/t9-/m1/s1. The summed E-state index contributed by atoms with van der Waals surface area (Å²) in [5.41, 5.74) is 0.678. The van der Waals surface area contributed by atoms with Gasteiger partial charge < -0.3 is 19.9 Å². The Bertz CT molecular complexity index is 405. The van der Waals surface area contributed by atoms with Crippen LogP contribution in [0.15, 0.2) is 18.2 Å². The molecule has 0 bridgehead atoms. The summed E-state index contributed by atoms with van der Waals surface area (Å²) in [6.07, 6.45) is 0.192. The Morgan fingerprint density at radius 3 is 3.00 bits per heavy atom. The SMILES string of the molecule is COc1ccc([C@H]2CCOC(=O)N2)c(O)c1. The summed E-state index contributed by atoms with van der Waals surface area (Å²) in [6, 6.07) is 4.81. The molecule has 1 saturated heterocycles. The first kappa shape index (κ1) is 10.6. The number of carbonyl (C=O) groups is 1. The number of aromatic hydroxyl groups is 1. The third-order valence-corrected chi connectivity index (χ3v) is 2.54. The van der Waals surface area contributed by atoms with Crippen molar-refractivity contribution in [2.24, 2.45) is 0 Å². The molecule has 1 heterocycles. The van der Waals surface area contributed by atoms with Crippen molar-refractivity contribution in [3.05, 3.63) is 23.8 Å². The Morgan fingerprint density at radius 1 is 1.56 bits per heavy atom.